The molecule has 30 heteroatoms. The van der Waals surface area contributed by atoms with Gasteiger partial charge in [-0.2, -0.15) is 0 Å². The first kappa shape index (κ1) is 145. The molecule has 3 unspecified atom stereocenters. The van der Waals surface area contributed by atoms with E-state index in [0.717, 1.165) is 179 Å². The number of rotatable bonds is 51. The van der Waals surface area contributed by atoms with Crippen molar-refractivity contribution in [3.63, 3.8) is 0 Å². The van der Waals surface area contributed by atoms with Crippen molar-refractivity contribution in [2.75, 3.05) is 268 Å². The van der Waals surface area contributed by atoms with Gasteiger partial charge in [0.05, 0.1) is 77.7 Å². The molecule has 4 aliphatic heterocycles. The molecule has 1 aliphatic carbocycles. The minimum atomic E-state index is -0.131. The van der Waals surface area contributed by atoms with Gasteiger partial charge in [0.25, 0.3) is 0 Å². The molecular formula is C117H232N18O12. The lowest BCUT2D eigenvalue weighted by atomic mass is 9.85. The predicted octanol–water partition coefficient (Wildman–Crippen LogP) is 15.7. The zero-order valence-electron chi connectivity index (χ0n) is 102. The van der Waals surface area contributed by atoms with Crippen LogP contribution in [0.15, 0.2) is 24.3 Å². The Morgan fingerprint density at radius 1 is 0.408 bits per heavy atom. The number of Topliss-reactive ketones (excluding diaryl/α,β-unsaturated/α-hetero) is 1. The lowest BCUT2D eigenvalue weighted by Gasteiger charge is -2.34. The maximum absolute atomic E-state index is 12.3. The van der Waals surface area contributed by atoms with E-state index < -0.39 is 0 Å². The zero-order chi connectivity index (χ0) is 113. The van der Waals surface area contributed by atoms with E-state index in [4.69, 9.17) is 9.47 Å². The summed E-state index contributed by atoms with van der Waals surface area (Å²) in [5.74, 6) is 10.2. The lowest BCUT2D eigenvalue weighted by Crippen LogP contribution is -2.51. The summed E-state index contributed by atoms with van der Waals surface area (Å²) in [6.45, 7) is 81.1. The van der Waals surface area contributed by atoms with Crippen molar-refractivity contribution < 1.29 is 57.4 Å². The quantitative estimate of drug-likeness (QED) is 0.0511. The zero-order valence-corrected chi connectivity index (χ0v) is 102. The van der Waals surface area contributed by atoms with Gasteiger partial charge in [0, 0.05) is 164 Å². The van der Waals surface area contributed by atoms with Crippen LogP contribution in [0.25, 0.3) is 0 Å². The number of hydrogen-bond donors (Lipinski definition) is 3. The highest BCUT2D eigenvalue weighted by atomic mass is 16.5. The molecular weight excluding hydrogens is 1850 g/mol. The fourth-order valence-corrected chi connectivity index (χ4v) is 18.5. The Hall–Kier alpha value is -6.48. The first-order valence-corrected chi connectivity index (χ1v) is 57.0. The number of ether oxygens (including phenoxy) is 2. The fourth-order valence-electron chi connectivity index (χ4n) is 18.5. The Morgan fingerprint density at radius 3 is 1.18 bits per heavy atom. The van der Waals surface area contributed by atoms with Crippen LogP contribution in [0.1, 0.15) is 302 Å². The standard InChI is InChI=1S/C20H35N3O2.C14H27N3O2.C14H28N2O2.C14H28N2O.C13H24N2O2.C12H26N2O.C11H22.C10H22N2O.C9H20N2O/c1-17(2)14-22(5)16-20(24)23(6)15-18-8-10-19(11-9-18)25-13-7-12-21(3)4;1-11(2)8-16(4)10-14(19)17-7-5-6-13(9-17)15-12(3)18;1-11(2)7-13(17)9-16(6)14(18)10-15(5)8-12(3)4;1-5-13-6-8-16(9-7-13)14(17)11-15(4)10-12(2)3;1-10(2)6-14(3)9-13(16)15-7-11-4-5-12(8-15)17-11;1-7-14(8-10(2)3)9-11(15)13-12(4,5)6;1-10(2)8-9-11-6-4-3-5-7-11;1-6-12(5)10(13)8-11(4)7-9(2)3;1-5-11(6-8(2)3)7-9(12)10-4/h8-11,17H,7,12-16H2,1-6H3;11,13H,5-10H2,1-4H3,(H,15,18);11-12H,7-10H2,1-6H3;12-13H,5-11H2,1-4H3;10-12H,4-9H2,1-3H3;10H,7-9H2,1-6H3,(H,13,15);10-11H,3-9H2,1-2H3;9H,6-8H2,1-5H3;8H,5-7H2,1-4H3,(H,10,12). The van der Waals surface area contributed by atoms with Gasteiger partial charge in [-0.15, -0.1) is 0 Å². The number of likely N-dealkylation sites (tertiary alicyclic amines) is 3. The third-order valence-corrected chi connectivity index (χ3v) is 25.3. The number of fused-ring (bicyclic) bond motifs is 2. The summed E-state index contributed by atoms with van der Waals surface area (Å²) in [6, 6.07) is 8.14. The summed E-state index contributed by atoms with van der Waals surface area (Å²) in [6.07, 6.45) is 20.5. The van der Waals surface area contributed by atoms with Crippen LogP contribution in [0.4, 0.5) is 0 Å². The number of carbonyl (C=O) groups excluding carboxylic acids is 10. The normalized spacial score (nSPS) is 15.9. The van der Waals surface area contributed by atoms with E-state index in [1.807, 2.05) is 142 Å². The Labute approximate surface area is 902 Å². The third kappa shape index (κ3) is 81.9. The van der Waals surface area contributed by atoms with Crippen LogP contribution in [-0.4, -0.2) is 424 Å². The Morgan fingerprint density at radius 2 is 0.810 bits per heavy atom. The van der Waals surface area contributed by atoms with Crippen LogP contribution in [0.5, 0.6) is 5.75 Å². The van der Waals surface area contributed by atoms with Gasteiger partial charge >= 0.3 is 0 Å². The van der Waals surface area contributed by atoms with Crippen molar-refractivity contribution in [2.45, 2.75) is 327 Å². The minimum absolute atomic E-state index is 0.00950. The molecule has 5 aliphatic rings. The van der Waals surface area contributed by atoms with Crippen molar-refractivity contribution in [3.8, 4) is 5.75 Å². The number of morpholine rings is 1. The lowest BCUT2D eigenvalue weighted by molar-refractivity contribution is -0.141. The summed E-state index contributed by atoms with van der Waals surface area (Å²) in [7, 11) is 23.1. The van der Waals surface area contributed by atoms with E-state index in [0.29, 0.717) is 143 Å². The van der Waals surface area contributed by atoms with Gasteiger partial charge in [-0.3, -0.25) is 87.1 Å². The summed E-state index contributed by atoms with van der Waals surface area (Å²) in [4.78, 5) is 147. The average molecular weight is 2080 g/mol. The van der Waals surface area contributed by atoms with Crippen molar-refractivity contribution in [3.05, 3.63) is 29.8 Å². The van der Waals surface area contributed by atoms with Crippen molar-refractivity contribution in [1.82, 2.24) is 89.4 Å². The molecule has 147 heavy (non-hydrogen) atoms. The number of ketones is 1. The number of nitrogens with one attached hydrogen (secondary N) is 3. The fraction of sp³-hybridized carbons (Fsp3) is 0.863. The van der Waals surface area contributed by atoms with Crippen molar-refractivity contribution in [1.29, 1.82) is 0 Å². The van der Waals surface area contributed by atoms with Crippen LogP contribution >= 0.6 is 0 Å². The van der Waals surface area contributed by atoms with E-state index in [1.165, 1.54) is 76.0 Å². The van der Waals surface area contributed by atoms with Gasteiger partial charge in [0.2, 0.25) is 53.2 Å². The molecule has 862 valence electrons. The topological polar surface area (TPSA) is 274 Å². The Kier molecular flexibility index (Phi) is 81.7. The van der Waals surface area contributed by atoms with Crippen molar-refractivity contribution >= 4 is 58.9 Å². The molecule has 4 heterocycles. The van der Waals surface area contributed by atoms with E-state index in [9.17, 15) is 47.9 Å². The van der Waals surface area contributed by atoms with Gasteiger partial charge < -0.3 is 59.7 Å². The molecule has 6 rings (SSSR count). The molecule has 30 nitrogen and oxygen atoms in total. The first-order chi connectivity index (χ1) is 68.5. The highest BCUT2D eigenvalue weighted by Gasteiger charge is 2.36. The number of benzene rings is 1. The summed E-state index contributed by atoms with van der Waals surface area (Å²) in [5, 5.41) is 8.50. The molecule has 1 saturated carbocycles. The average Bonchev–Trinajstić information content (AvgIpc) is 1.69. The van der Waals surface area contributed by atoms with Crippen LogP contribution in [0, 0.1) is 71.0 Å². The van der Waals surface area contributed by atoms with Crippen LogP contribution in [-0.2, 0) is 59.2 Å². The van der Waals surface area contributed by atoms with Gasteiger partial charge in [-0.05, 0) is 231 Å². The number of piperidine rings is 2. The van der Waals surface area contributed by atoms with Crippen LogP contribution in [0.2, 0.25) is 0 Å². The summed E-state index contributed by atoms with van der Waals surface area (Å²) >= 11 is 0. The molecule has 0 aromatic heterocycles. The van der Waals surface area contributed by atoms with Crippen LogP contribution in [0.3, 0.4) is 0 Å². The molecule has 4 saturated heterocycles. The number of amides is 9. The first-order valence-electron chi connectivity index (χ1n) is 57.0. The molecule has 5 fully saturated rings. The molecule has 9 amide bonds. The largest absolute Gasteiger partial charge is 0.494 e. The molecule has 2 bridgehead atoms. The van der Waals surface area contributed by atoms with E-state index in [-0.39, 0.29) is 71.2 Å². The molecule has 1 aromatic carbocycles. The summed E-state index contributed by atoms with van der Waals surface area (Å²) in [5.41, 5.74) is 0.983. The van der Waals surface area contributed by atoms with Crippen molar-refractivity contribution in [2.24, 2.45) is 71.0 Å². The minimum Gasteiger partial charge on any atom is -0.494 e. The van der Waals surface area contributed by atoms with Gasteiger partial charge in [0.1, 0.15) is 5.75 Å². The molecule has 0 spiro atoms. The molecule has 1 aromatic rings. The maximum Gasteiger partial charge on any atom is 0.236 e. The number of nitrogens with zero attached hydrogens (tertiary/aromatic N) is 15. The number of hydrogen-bond acceptors (Lipinski definition) is 21. The van der Waals surface area contributed by atoms with Crippen LogP contribution < -0.4 is 20.7 Å². The number of likely N-dealkylation sites (N-methyl/N-ethyl adjacent to an activating group) is 12. The van der Waals surface area contributed by atoms with E-state index in [2.05, 4.69) is 215 Å². The maximum atomic E-state index is 12.3. The highest BCUT2D eigenvalue weighted by Crippen LogP contribution is 2.30. The molecule has 0 radical (unpaired) electrons. The molecule has 3 N–H and O–H groups in total. The SMILES string of the molecule is CC(=O)NC1CCCN(C(=O)CN(C)CC(C)C)C1.CC(C)CC(=O)CN(C)C(=O)CN(C)CC(C)C.CC(C)CCC1CCCCC1.CC(C)CN(C)CC(=O)N(C)Cc1ccc(OCCCN(C)C)cc1.CC(C)CN(C)CC(=O)N1CC2CCC(C1)O2.CCC1CCN(C(=O)CN(C)CC(C)C)CC1.CCN(C)C(=O)CN(C)CC(C)C.CCN(CC(=O)NC(C)(C)C)CC(C)C.CCN(CC(=O)NC)CC(C)C. The van der Waals surface area contributed by atoms with E-state index >= 15 is 0 Å². The monoisotopic (exact) mass is 2080 g/mol. The second-order valence-electron chi connectivity index (χ2n) is 48.5. The highest BCUT2D eigenvalue weighted by molar-refractivity contribution is 5.87. The van der Waals surface area contributed by atoms with Gasteiger partial charge in [-0.25, -0.2) is 0 Å². The molecule has 3 atom stereocenters. The second kappa shape index (κ2) is 83.1. The third-order valence-electron chi connectivity index (χ3n) is 25.3. The predicted molar refractivity (Wildman–Crippen MR) is 615 cm³/mol. The number of carbonyl (C=O) groups is 10. The second-order valence-corrected chi connectivity index (χ2v) is 48.5. The van der Waals surface area contributed by atoms with E-state index in [1.54, 1.807) is 23.9 Å². The Balaban J connectivity index is -0.00000160. The Bertz CT molecular complexity index is 3570. The smallest absolute Gasteiger partial charge is 0.236 e. The van der Waals surface area contributed by atoms with Gasteiger partial charge in [0.15, 0.2) is 5.78 Å². The summed E-state index contributed by atoms with van der Waals surface area (Å²) < 4.78 is 11.5. The van der Waals surface area contributed by atoms with Gasteiger partial charge in [-0.1, -0.05) is 223 Å².